The highest BCUT2D eigenvalue weighted by molar-refractivity contribution is 5.77. The van der Waals surface area contributed by atoms with Crippen LogP contribution in [0.15, 0.2) is 29.4 Å². The lowest BCUT2D eigenvalue weighted by Crippen LogP contribution is -2.32. The van der Waals surface area contributed by atoms with Gasteiger partial charge in [0.2, 0.25) is 0 Å². The highest BCUT2D eigenvalue weighted by Crippen LogP contribution is 2.10. The van der Waals surface area contributed by atoms with E-state index in [1.165, 1.54) is 0 Å². The molecule has 0 aliphatic carbocycles. The molecular weight excluding hydrogens is 288 g/mol. The molecule has 124 valence electrons. The van der Waals surface area contributed by atoms with E-state index in [0.717, 1.165) is 35.7 Å². The number of pyridine rings is 1. The quantitative estimate of drug-likeness (QED) is 0.633. The summed E-state index contributed by atoms with van der Waals surface area (Å²) < 4.78 is 1.84. The number of nitrogens with zero attached hydrogens (tertiary/aromatic N) is 4. The lowest BCUT2D eigenvalue weighted by molar-refractivity contribution is 0.576. The lowest BCUT2D eigenvalue weighted by atomic mass is 10.1. The summed E-state index contributed by atoms with van der Waals surface area (Å²) in [6.07, 6.45) is 2.89. The SMILES string of the molecule is Cc1cc(C)n(-c2ccc(CN=C(N)NCCC(C)C)cn2)n1. The van der Waals surface area contributed by atoms with Gasteiger partial charge in [0.1, 0.15) is 0 Å². The summed E-state index contributed by atoms with van der Waals surface area (Å²) in [5.41, 5.74) is 8.93. The Kier molecular flexibility index (Phi) is 5.73. The number of aliphatic imine (C=N–C) groups is 1. The second kappa shape index (κ2) is 7.76. The first-order chi connectivity index (χ1) is 11.0. The van der Waals surface area contributed by atoms with Crippen molar-refractivity contribution in [2.75, 3.05) is 6.54 Å². The fourth-order valence-electron chi connectivity index (χ4n) is 2.22. The summed E-state index contributed by atoms with van der Waals surface area (Å²) in [6, 6.07) is 5.99. The van der Waals surface area contributed by atoms with Crippen molar-refractivity contribution in [3.8, 4) is 5.82 Å². The van der Waals surface area contributed by atoms with Gasteiger partial charge >= 0.3 is 0 Å². The summed E-state index contributed by atoms with van der Waals surface area (Å²) in [6.45, 7) is 9.73. The van der Waals surface area contributed by atoms with Gasteiger partial charge in [0.25, 0.3) is 0 Å². The second-order valence-electron chi connectivity index (χ2n) is 6.17. The maximum atomic E-state index is 5.86. The Bertz CT molecular complexity index is 654. The molecule has 2 aromatic rings. The molecule has 0 radical (unpaired) electrons. The molecule has 23 heavy (non-hydrogen) atoms. The number of hydrogen-bond acceptors (Lipinski definition) is 3. The molecule has 0 saturated carbocycles. The van der Waals surface area contributed by atoms with Crippen molar-refractivity contribution in [3.63, 3.8) is 0 Å². The average molecular weight is 314 g/mol. The van der Waals surface area contributed by atoms with Crippen LogP contribution in [0.3, 0.4) is 0 Å². The number of guanidine groups is 1. The maximum Gasteiger partial charge on any atom is 0.188 e. The molecule has 2 rings (SSSR count). The number of aryl methyl sites for hydroxylation is 2. The van der Waals surface area contributed by atoms with E-state index in [4.69, 9.17) is 5.73 Å². The van der Waals surface area contributed by atoms with Crippen LogP contribution >= 0.6 is 0 Å². The highest BCUT2D eigenvalue weighted by Gasteiger charge is 2.04. The van der Waals surface area contributed by atoms with E-state index in [-0.39, 0.29) is 0 Å². The van der Waals surface area contributed by atoms with Gasteiger partial charge in [0.15, 0.2) is 11.8 Å². The van der Waals surface area contributed by atoms with Crippen LogP contribution in [0.2, 0.25) is 0 Å². The molecule has 0 amide bonds. The molecule has 0 spiro atoms. The standard InChI is InChI=1S/C17H26N6/c1-12(2)7-8-19-17(18)21-11-15-5-6-16(20-10-15)23-14(4)9-13(3)22-23/h5-6,9-10,12H,7-8,11H2,1-4H3,(H3,18,19,21). The van der Waals surface area contributed by atoms with Gasteiger partial charge in [-0.2, -0.15) is 5.10 Å². The van der Waals surface area contributed by atoms with Gasteiger partial charge in [-0.3, -0.25) is 0 Å². The van der Waals surface area contributed by atoms with Gasteiger partial charge < -0.3 is 11.1 Å². The largest absolute Gasteiger partial charge is 0.370 e. The summed E-state index contributed by atoms with van der Waals surface area (Å²) in [4.78, 5) is 8.79. The number of nitrogens with one attached hydrogen (secondary N) is 1. The van der Waals surface area contributed by atoms with Crippen LogP contribution < -0.4 is 11.1 Å². The Balaban J connectivity index is 1.93. The fraction of sp³-hybridized carbons (Fsp3) is 0.471. The number of nitrogens with two attached hydrogens (primary N) is 1. The van der Waals surface area contributed by atoms with Gasteiger partial charge in [0, 0.05) is 18.4 Å². The zero-order valence-corrected chi connectivity index (χ0v) is 14.4. The smallest absolute Gasteiger partial charge is 0.188 e. The Morgan fingerprint density at radius 3 is 2.70 bits per heavy atom. The van der Waals surface area contributed by atoms with E-state index < -0.39 is 0 Å². The molecule has 2 heterocycles. The summed E-state index contributed by atoms with van der Waals surface area (Å²) in [5.74, 6) is 1.95. The van der Waals surface area contributed by atoms with Crippen molar-refractivity contribution >= 4 is 5.96 Å². The topological polar surface area (TPSA) is 81.1 Å². The predicted octanol–water partition coefficient (Wildman–Crippen LogP) is 2.33. The first kappa shape index (κ1) is 17.0. The fourth-order valence-corrected chi connectivity index (χ4v) is 2.22. The predicted molar refractivity (Wildman–Crippen MR) is 93.6 cm³/mol. The monoisotopic (exact) mass is 314 g/mol. The molecule has 6 nitrogen and oxygen atoms in total. The van der Waals surface area contributed by atoms with Crippen LogP contribution in [-0.2, 0) is 6.54 Å². The molecule has 0 atom stereocenters. The van der Waals surface area contributed by atoms with Crippen LogP contribution in [-0.4, -0.2) is 27.3 Å². The Labute approximate surface area is 137 Å². The summed E-state index contributed by atoms with van der Waals surface area (Å²) >= 11 is 0. The first-order valence-corrected chi connectivity index (χ1v) is 7.98. The lowest BCUT2D eigenvalue weighted by Gasteiger charge is -2.07. The molecule has 0 unspecified atom stereocenters. The van der Waals surface area contributed by atoms with Gasteiger partial charge in [-0.25, -0.2) is 14.7 Å². The van der Waals surface area contributed by atoms with Crippen LogP contribution in [0.25, 0.3) is 5.82 Å². The third kappa shape index (κ3) is 5.09. The van der Waals surface area contributed by atoms with Gasteiger partial charge in [-0.15, -0.1) is 0 Å². The molecule has 0 aromatic carbocycles. The zero-order valence-electron chi connectivity index (χ0n) is 14.4. The Hall–Kier alpha value is -2.37. The number of rotatable bonds is 6. The van der Waals surface area contributed by atoms with E-state index in [9.17, 15) is 0 Å². The van der Waals surface area contributed by atoms with Crippen molar-refractivity contribution in [2.24, 2.45) is 16.6 Å². The minimum atomic E-state index is 0.480. The third-order valence-corrected chi connectivity index (χ3v) is 3.50. The second-order valence-corrected chi connectivity index (χ2v) is 6.17. The van der Waals surface area contributed by atoms with Crippen LogP contribution in [0.5, 0.6) is 0 Å². The molecule has 2 aromatic heterocycles. The van der Waals surface area contributed by atoms with E-state index >= 15 is 0 Å². The minimum Gasteiger partial charge on any atom is -0.370 e. The van der Waals surface area contributed by atoms with Gasteiger partial charge in [0.05, 0.1) is 12.2 Å². The van der Waals surface area contributed by atoms with E-state index in [2.05, 4.69) is 34.2 Å². The normalized spacial score (nSPS) is 12.0. The number of hydrogen-bond donors (Lipinski definition) is 2. The van der Waals surface area contributed by atoms with Crippen molar-refractivity contribution in [2.45, 2.75) is 40.7 Å². The summed E-state index contributed by atoms with van der Waals surface area (Å²) in [5, 5.41) is 7.55. The van der Waals surface area contributed by atoms with E-state index in [1.807, 2.05) is 42.9 Å². The molecule has 0 bridgehead atoms. The maximum absolute atomic E-state index is 5.86. The van der Waals surface area contributed by atoms with E-state index in [1.54, 1.807) is 0 Å². The zero-order chi connectivity index (χ0) is 16.8. The highest BCUT2D eigenvalue weighted by atomic mass is 15.3. The van der Waals surface area contributed by atoms with Crippen molar-refractivity contribution in [3.05, 3.63) is 41.3 Å². The van der Waals surface area contributed by atoms with Crippen LogP contribution in [0, 0.1) is 19.8 Å². The van der Waals surface area contributed by atoms with Crippen molar-refractivity contribution in [1.29, 1.82) is 0 Å². The first-order valence-electron chi connectivity index (χ1n) is 7.98. The molecule has 3 N–H and O–H groups in total. The van der Waals surface area contributed by atoms with Crippen molar-refractivity contribution < 1.29 is 0 Å². The Morgan fingerprint density at radius 2 is 2.13 bits per heavy atom. The van der Waals surface area contributed by atoms with Gasteiger partial charge in [-0.1, -0.05) is 19.9 Å². The van der Waals surface area contributed by atoms with Crippen molar-refractivity contribution in [1.82, 2.24) is 20.1 Å². The molecule has 0 saturated heterocycles. The van der Waals surface area contributed by atoms with Crippen LogP contribution in [0.4, 0.5) is 0 Å². The molecular formula is C17H26N6. The van der Waals surface area contributed by atoms with Crippen LogP contribution in [0.1, 0.15) is 37.2 Å². The van der Waals surface area contributed by atoms with E-state index in [0.29, 0.717) is 18.4 Å². The molecule has 6 heteroatoms. The average Bonchev–Trinajstić information content (AvgIpc) is 2.84. The summed E-state index contributed by atoms with van der Waals surface area (Å²) in [7, 11) is 0. The molecule has 0 aliphatic rings. The van der Waals surface area contributed by atoms with Gasteiger partial charge in [-0.05, 0) is 43.9 Å². The molecule has 0 fully saturated rings. The third-order valence-electron chi connectivity index (χ3n) is 3.50. The minimum absolute atomic E-state index is 0.480. The molecule has 0 aliphatic heterocycles. The Morgan fingerprint density at radius 1 is 1.35 bits per heavy atom. The number of aromatic nitrogens is 3.